The monoisotopic (exact) mass is 418 g/mol. The minimum absolute atomic E-state index is 0. The number of hydrogen-bond donors (Lipinski definition) is 2. The first-order valence-corrected chi connectivity index (χ1v) is 7.85. The van der Waals surface area contributed by atoms with E-state index in [0.29, 0.717) is 18.5 Å². The summed E-state index contributed by atoms with van der Waals surface area (Å²) in [4.78, 5) is 8.85. The van der Waals surface area contributed by atoms with Crippen LogP contribution in [0.15, 0.2) is 23.3 Å². The maximum atomic E-state index is 5.06. The zero-order valence-electron chi connectivity index (χ0n) is 13.5. The largest absolute Gasteiger partial charge is 0.481 e. The lowest BCUT2D eigenvalue weighted by atomic mass is 9.96. The molecule has 0 unspecified atom stereocenters. The smallest absolute Gasteiger partial charge is 0.212 e. The predicted octanol–water partition coefficient (Wildman–Crippen LogP) is 3.10. The maximum absolute atomic E-state index is 5.06. The fraction of sp³-hybridized carbons (Fsp3) is 0.625. The van der Waals surface area contributed by atoms with Crippen LogP contribution in [-0.2, 0) is 6.54 Å². The van der Waals surface area contributed by atoms with Gasteiger partial charge in [-0.05, 0) is 25.3 Å². The lowest BCUT2D eigenvalue weighted by Gasteiger charge is -2.24. The molecular weight excluding hydrogens is 391 g/mol. The van der Waals surface area contributed by atoms with Gasteiger partial charge >= 0.3 is 0 Å². The van der Waals surface area contributed by atoms with Crippen molar-refractivity contribution in [2.75, 3.05) is 13.7 Å². The summed E-state index contributed by atoms with van der Waals surface area (Å²) < 4.78 is 5.06. The zero-order chi connectivity index (χ0) is 14.9. The van der Waals surface area contributed by atoms with E-state index in [9.17, 15) is 0 Å². The topological polar surface area (TPSA) is 58.5 Å². The van der Waals surface area contributed by atoms with Crippen LogP contribution in [0.4, 0.5) is 0 Å². The number of halogens is 1. The van der Waals surface area contributed by atoms with Crippen molar-refractivity contribution in [3.05, 3.63) is 23.9 Å². The second-order valence-corrected chi connectivity index (χ2v) is 5.38. The fourth-order valence-corrected chi connectivity index (χ4v) is 2.56. The number of ether oxygens (including phenoxy) is 1. The molecule has 1 fully saturated rings. The highest BCUT2D eigenvalue weighted by Crippen LogP contribution is 2.17. The van der Waals surface area contributed by atoms with Gasteiger partial charge in [0.05, 0.1) is 13.7 Å². The second kappa shape index (κ2) is 10.6. The summed E-state index contributed by atoms with van der Waals surface area (Å²) in [6.07, 6.45) is 8.30. The molecule has 5 nitrogen and oxygen atoms in total. The molecule has 1 saturated carbocycles. The first kappa shape index (κ1) is 19.0. The van der Waals surface area contributed by atoms with Crippen molar-refractivity contribution in [2.24, 2.45) is 4.99 Å². The normalized spacial score (nSPS) is 15.8. The summed E-state index contributed by atoms with van der Waals surface area (Å²) in [5, 5.41) is 6.86. The van der Waals surface area contributed by atoms with E-state index < -0.39 is 0 Å². The van der Waals surface area contributed by atoms with Gasteiger partial charge in [0.15, 0.2) is 5.96 Å². The Hall–Kier alpha value is -1.05. The summed E-state index contributed by atoms with van der Waals surface area (Å²) >= 11 is 0. The third kappa shape index (κ3) is 6.37. The average Bonchev–Trinajstić information content (AvgIpc) is 2.54. The standard InChI is InChI=1S/C16H26N4O.HI/c1-3-17-16(20-14-7-5-4-6-8-14)19-12-13-9-10-15(21-2)18-11-13;/h9-11,14H,3-8,12H2,1-2H3,(H2,17,19,20);1H. The molecule has 1 aromatic heterocycles. The van der Waals surface area contributed by atoms with Crippen molar-refractivity contribution >= 4 is 29.9 Å². The van der Waals surface area contributed by atoms with Crippen LogP contribution in [0, 0.1) is 0 Å². The number of rotatable bonds is 5. The third-order valence-electron chi connectivity index (χ3n) is 3.72. The van der Waals surface area contributed by atoms with Gasteiger partial charge in [-0.25, -0.2) is 9.98 Å². The Bertz CT molecular complexity index is 444. The van der Waals surface area contributed by atoms with Crippen LogP contribution in [0.2, 0.25) is 0 Å². The van der Waals surface area contributed by atoms with Gasteiger partial charge in [-0.3, -0.25) is 0 Å². The minimum Gasteiger partial charge on any atom is -0.481 e. The Kier molecular flexibility index (Phi) is 9.19. The van der Waals surface area contributed by atoms with Gasteiger partial charge in [-0.2, -0.15) is 0 Å². The lowest BCUT2D eigenvalue weighted by molar-refractivity contribution is 0.397. The Labute approximate surface area is 150 Å². The molecule has 0 aromatic carbocycles. The van der Waals surface area contributed by atoms with E-state index in [4.69, 9.17) is 4.74 Å². The number of hydrogen-bond acceptors (Lipinski definition) is 3. The van der Waals surface area contributed by atoms with E-state index in [1.807, 2.05) is 18.3 Å². The molecule has 0 atom stereocenters. The molecule has 22 heavy (non-hydrogen) atoms. The molecule has 0 aliphatic heterocycles. The van der Waals surface area contributed by atoms with Crippen molar-refractivity contribution in [1.29, 1.82) is 0 Å². The van der Waals surface area contributed by atoms with Crippen molar-refractivity contribution in [1.82, 2.24) is 15.6 Å². The second-order valence-electron chi connectivity index (χ2n) is 5.38. The van der Waals surface area contributed by atoms with Gasteiger partial charge in [-0.1, -0.05) is 25.3 Å². The molecule has 0 bridgehead atoms. The van der Waals surface area contributed by atoms with E-state index in [2.05, 4.69) is 27.5 Å². The van der Waals surface area contributed by atoms with E-state index >= 15 is 0 Å². The van der Waals surface area contributed by atoms with Crippen molar-refractivity contribution < 1.29 is 4.74 Å². The van der Waals surface area contributed by atoms with Crippen molar-refractivity contribution in [2.45, 2.75) is 51.6 Å². The van der Waals surface area contributed by atoms with Crippen LogP contribution in [-0.4, -0.2) is 30.6 Å². The number of nitrogens with zero attached hydrogens (tertiary/aromatic N) is 2. The van der Waals surface area contributed by atoms with E-state index in [1.54, 1.807) is 7.11 Å². The van der Waals surface area contributed by atoms with Gasteiger partial charge in [-0.15, -0.1) is 24.0 Å². The van der Waals surface area contributed by atoms with Gasteiger partial charge in [0.1, 0.15) is 0 Å². The molecule has 1 aliphatic rings. The molecule has 0 amide bonds. The summed E-state index contributed by atoms with van der Waals surface area (Å²) in [6, 6.07) is 4.43. The molecule has 1 aliphatic carbocycles. The molecule has 2 N–H and O–H groups in total. The molecular formula is C16H27IN4O. The first-order chi connectivity index (χ1) is 10.3. The van der Waals surface area contributed by atoms with Crippen LogP contribution in [0.25, 0.3) is 0 Å². The van der Waals surface area contributed by atoms with Crippen molar-refractivity contribution in [3.8, 4) is 5.88 Å². The van der Waals surface area contributed by atoms with Crippen LogP contribution in [0.3, 0.4) is 0 Å². The average molecular weight is 418 g/mol. The third-order valence-corrected chi connectivity index (χ3v) is 3.72. The quantitative estimate of drug-likeness (QED) is 0.439. The lowest BCUT2D eigenvalue weighted by Crippen LogP contribution is -2.44. The summed E-state index contributed by atoms with van der Waals surface area (Å²) in [5.41, 5.74) is 1.08. The molecule has 6 heteroatoms. The van der Waals surface area contributed by atoms with Crippen LogP contribution < -0.4 is 15.4 Å². The van der Waals surface area contributed by atoms with Gasteiger partial charge in [0, 0.05) is 24.8 Å². The van der Waals surface area contributed by atoms with Crippen LogP contribution >= 0.6 is 24.0 Å². The molecule has 124 valence electrons. The number of aromatic nitrogens is 1. The number of nitrogens with one attached hydrogen (secondary N) is 2. The molecule has 1 aromatic rings. The van der Waals surface area contributed by atoms with Gasteiger partial charge in [0.25, 0.3) is 0 Å². The molecule has 2 rings (SSSR count). The highest BCUT2D eigenvalue weighted by Gasteiger charge is 2.14. The highest BCUT2D eigenvalue weighted by atomic mass is 127. The molecule has 0 radical (unpaired) electrons. The Morgan fingerprint density at radius 3 is 2.68 bits per heavy atom. The summed E-state index contributed by atoms with van der Waals surface area (Å²) in [7, 11) is 1.62. The fourth-order valence-electron chi connectivity index (χ4n) is 2.56. The summed E-state index contributed by atoms with van der Waals surface area (Å²) in [6.45, 7) is 3.59. The van der Waals surface area contributed by atoms with Gasteiger partial charge < -0.3 is 15.4 Å². The van der Waals surface area contributed by atoms with Gasteiger partial charge in [0.2, 0.25) is 5.88 Å². The number of pyridine rings is 1. The van der Waals surface area contributed by atoms with Crippen LogP contribution in [0.5, 0.6) is 5.88 Å². The number of methoxy groups -OCH3 is 1. The van der Waals surface area contributed by atoms with Crippen LogP contribution in [0.1, 0.15) is 44.6 Å². The van der Waals surface area contributed by atoms with Crippen molar-refractivity contribution in [3.63, 3.8) is 0 Å². The first-order valence-electron chi connectivity index (χ1n) is 7.85. The maximum Gasteiger partial charge on any atom is 0.212 e. The Morgan fingerprint density at radius 1 is 1.32 bits per heavy atom. The highest BCUT2D eigenvalue weighted by molar-refractivity contribution is 14.0. The van der Waals surface area contributed by atoms with E-state index in [0.717, 1.165) is 18.1 Å². The number of guanidine groups is 1. The number of aliphatic imine (C=N–C) groups is 1. The minimum atomic E-state index is 0. The SMILES string of the molecule is CCNC(=NCc1ccc(OC)nc1)NC1CCCCC1.I. The molecule has 1 heterocycles. The summed E-state index contributed by atoms with van der Waals surface area (Å²) in [5.74, 6) is 1.54. The van der Waals surface area contributed by atoms with E-state index in [1.165, 1.54) is 32.1 Å². The van der Waals surface area contributed by atoms with E-state index in [-0.39, 0.29) is 24.0 Å². The Morgan fingerprint density at radius 2 is 2.09 bits per heavy atom. The predicted molar refractivity (Wildman–Crippen MR) is 101 cm³/mol. The Balaban J connectivity index is 0.00000242. The molecule has 0 spiro atoms. The molecule has 0 saturated heterocycles. The zero-order valence-corrected chi connectivity index (χ0v) is 15.8.